The fourth-order valence-corrected chi connectivity index (χ4v) is 4.54. The summed E-state index contributed by atoms with van der Waals surface area (Å²) in [6.45, 7) is 3.84. The van der Waals surface area contributed by atoms with Gasteiger partial charge in [0.25, 0.3) is 0 Å². The summed E-state index contributed by atoms with van der Waals surface area (Å²) in [5.41, 5.74) is 3.62. The predicted molar refractivity (Wildman–Crippen MR) is 112 cm³/mol. The van der Waals surface area contributed by atoms with Gasteiger partial charge < -0.3 is 9.80 Å². The topological polar surface area (TPSA) is 36.4 Å². The van der Waals surface area contributed by atoms with E-state index in [1.165, 1.54) is 11.3 Å². The second-order valence-corrected chi connectivity index (χ2v) is 8.39. The van der Waals surface area contributed by atoms with E-state index < -0.39 is 0 Å². The van der Waals surface area contributed by atoms with E-state index in [4.69, 9.17) is 4.98 Å². The average molecular weight is 378 g/mol. The van der Waals surface area contributed by atoms with Gasteiger partial charge in [0.05, 0.1) is 0 Å². The lowest BCUT2D eigenvalue weighted by atomic mass is 9.90. The van der Waals surface area contributed by atoms with E-state index in [1.54, 1.807) is 0 Å². The van der Waals surface area contributed by atoms with Crippen LogP contribution in [0.4, 0.5) is 0 Å². The zero-order chi connectivity index (χ0) is 19.3. The molecule has 0 spiro atoms. The van der Waals surface area contributed by atoms with Gasteiger partial charge in [-0.25, -0.2) is 0 Å². The van der Waals surface area contributed by atoms with Gasteiger partial charge in [-0.05, 0) is 63.5 Å². The number of hydrogen-bond donors (Lipinski definition) is 0. The second-order valence-electron chi connectivity index (χ2n) is 8.39. The number of aromatic nitrogens is 1. The Labute approximate surface area is 168 Å². The van der Waals surface area contributed by atoms with Crippen molar-refractivity contribution in [1.82, 2.24) is 14.8 Å². The summed E-state index contributed by atoms with van der Waals surface area (Å²) in [5.74, 6) is 1.09. The Morgan fingerprint density at radius 2 is 1.64 bits per heavy atom. The number of nitrogens with zero attached hydrogens (tertiary/aromatic N) is 3. The van der Waals surface area contributed by atoms with Crippen molar-refractivity contribution in [3.8, 4) is 0 Å². The molecule has 2 fully saturated rings. The van der Waals surface area contributed by atoms with Crippen LogP contribution in [0.2, 0.25) is 0 Å². The van der Waals surface area contributed by atoms with Gasteiger partial charge in [-0.15, -0.1) is 0 Å². The van der Waals surface area contributed by atoms with Crippen molar-refractivity contribution in [1.29, 1.82) is 0 Å². The van der Waals surface area contributed by atoms with Gasteiger partial charge in [0.2, 0.25) is 5.91 Å². The van der Waals surface area contributed by atoms with Crippen molar-refractivity contribution in [2.45, 2.75) is 38.0 Å². The smallest absolute Gasteiger partial charge is 0.225 e. The molecule has 0 N–H and O–H groups in total. The zero-order valence-corrected chi connectivity index (χ0v) is 16.9. The van der Waals surface area contributed by atoms with E-state index in [-0.39, 0.29) is 5.92 Å². The molecule has 3 heterocycles. The molecule has 1 aromatic carbocycles. The minimum absolute atomic E-state index is 0.236. The summed E-state index contributed by atoms with van der Waals surface area (Å²) < 4.78 is 0. The monoisotopic (exact) mass is 377 g/mol. The highest BCUT2D eigenvalue weighted by Crippen LogP contribution is 2.29. The number of hydrogen-bond acceptors (Lipinski definition) is 3. The molecule has 2 aliphatic rings. The van der Waals surface area contributed by atoms with Crippen LogP contribution in [-0.2, 0) is 11.2 Å². The third kappa shape index (κ3) is 4.61. The SMILES string of the molecule is CN1CCC(C(=O)N2CCC(c3cccc(Cc4ccccc4)n3)CC2)CC1. The quantitative estimate of drug-likeness (QED) is 0.815. The van der Waals surface area contributed by atoms with E-state index in [1.807, 2.05) is 6.07 Å². The molecule has 1 aromatic heterocycles. The molecule has 2 aliphatic heterocycles. The largest absolute Gasteiger partial charge is 0.342 e. The fraction of sp³-hybridized carbons (Fsp3) is 0.500. The first-order valence-electron chi connectivity index (χ1n) is 10.7. The van der Waals surface area contributed by atoms with E-state index in [2.05, 4.69) is 59.3 Å². The molecule has 2 saturated heterocycles. The standard InChI is InChI=1S/C24H31N3O/c1-26-14-10-21(11-15-26)24(28)27-16-12-20(13-17-27)23-9-5-8-22(25-23)18-19-6-3-2-4-7-19/h2-9,20-21H,10-18H2,1H3. The van der Waals surface area contributed by atoms with Crippen molar-refractivity contribution in [3.05, 3.63) is 65.5 Å². The van der Waals surface area contributed by atoms with Crippen molar-refractivity contribution in [3.63, 3.8) is 0 Å². The van der Waals surface area contributed by atoms with Crippen LogP contribution in [0.3, 0.4) is 0 Å². The van der Waals surface area contributed by atoms with Gasteiger partial charge >= 0.3 is 0 Å². The van der Waals surface area contributed by atoms with Crippen LogP contribution in [0.15, 0.2) is 48.5 Å². The number of amides is 1. The van der Waals surface area contributed by atoms with Crippen molar-refractivity contribution in [2.75, 3.05) is 33.2 Å². The first-order chi connectivity index (χ1) is 13.7. The average Bonchev–Trinajstić information content (AvgIpc) is 2.75. The Bertz CT molecular complexity index is 775. The van der Waals surface area contributed by atoms with Crippen LogP contribution in [-0.4, -0.2) is 53.9 Å². The summed E-state index contributed by atoms with van der Waals surface area (Å²) >= 11 is 0. The molecule has 1 amide bonds. The third-order valence-electron chi connectivity index (χ3n) is 6.35. The van der Waals surface area contributed by atoms with Gasteiger partial charge in [-0.3, -0.25) is 9.78 Å². The molecule has 28 heavy (non-hydrogen) atoms. The van der Waals surface area contributed by atoms with E-state index in [0.29, 0.717) is 11.8 Å². The van der Waals surface area contributed by atoms with Crippen molar-refractivity contribution in [2.24, 2.45) is 5.92 Å². The normalized spacial score (nSPS) is 19.7. The number of carbonyl (C=O) groups excluding carboxylic acids is 1. The highest BCUT2D eigenvalue weighted by molar-refractivity contribution is 5.79. The lowest BCUT2D eigenvalue weighted by Crippen LogP contribution is -2.44. The number of pyridine rings is 1. The van der Waals surface area contributed by atoms with Crippen LogP contribution in [0.5, 0.6) is 0 Å². The van der Waals surface area contributed by atoms with Gasteiger partial charge in [0.15, 0.2) is 0 Å². The molecule has 0 unspecified atom stereocenters. The molecule has 2 aromatic rings. The molecule has 0 aliphatic carbocycles. The van der Waals surface area contributed by atoms with Gasteiger partial charge in [-0.2, -0.15) is 0 Å². The van der Waals surface area contributed by atoms with E-state index in [0.717, 1.165) is 64.0 Å². The second kappa shape index (κ2) is 8.87. The van der Waals surface area contributed by atoms with Gasteiger partial charge in [0, 0.05) is 42.7 Å². The van der Waals surface area contributed by atoms with Gasteiger partial charge in [0.1, 0.15) is 0 Å². The number of piperidine rings is 2. The van der Waals surface area contributed by atoms with Crippen LogP contribution >= 0.6 is 0 Å². The summed E-state index contributed by atoms with van der Waals surface area (Å²) in [6.07, 6.45) is 4.96. The molecule has 0 atom stereocenters. The zero-order valence-electron chi connectivity index (χ0n) is 16.9. The highest BCUT2D eigenvalue weighted by Gasteiger charge is 2.30. The fourth-order valence-electron chi connectivity index (χ4n) is 4.54. The number of benzene rings is 1. The maximum atomic E-state index is 12.9. The maximum Gasteiger partial charge on any atom is 0.225 e. The Hall–Kier alpha value is -2.20. The van der Waals surface area contributed by atoms with E-state index in [9.17, 15) is 4.79 Å². The lowest BCUT2D eigenvalue weighted by Gasteiger charge is -2.36. The van der Waals surface area contributed by atoms with E-state index >= 15 is 0 Å². The number of likely N-dealkylation sites (tertiary alicyclic amines) is 2. The Morgan fingerprint density at radius 3 is 2.36 bits per heavy atom. The molecule has 0 bridgehead atoms. The third-order valence-corrected chi connectivity index (χ3v) is 6.35. The Morgan fingerprint density at radius 1 is 0.929 bits per heavy atom. The summed E-state index contributed by atoms with van der Waals surface area (Å²) in [5, 5.41) is 0. The van der Waals surface area contributed by atoms with Crippen molar-refractivity contribution < 1.29 is 4.79 Å². The molecule has 4 heteroatoms. The van der Waals surface area contributed by atoms with Crippen molar-refractivity contribution >= 4 is 5.91 Å². The first-order valence-corrected chi connectivity index (χ1v) is 10.7. The Balaban J connectivity index is 1.33. The molecule has 0 radical (unpaired) electrons. The van der Waals surface area contributed by atoms with Gasteiger partial charge in [-0.1, -0.05) is 36.4 Å². The molecule has 4 nitrogen and oxygen atoms in total. The lowest BCUT2D eigenvalue weighted by molar-refractivity contribution is -0.138. The Kier molecular flexibility index (Phi) is 6.06. The summed E-state index contributed by atoms with van der Waals surface area (Å²) in [7, 11) is 2.14. The molecule has 0 saturated carbocycles. The molecular formula is C24H31N3O. The minimum Gasteiger partial charge on any atom is -0.342 e. The first kappa shape index (κ1) is 19.1. The molecule has 148 valence electrons. The highest BCUT2D eigenvalue weighted by atomic mass is 16.2. The predicted octanol–water partition coefficient (Wildman–Crippen LogP) is 3.72. The molecular weight excluding hydrogens is 346 g/mol. The summed E-state index contributed by atoms with van der Waals surface area (Å²) in [4.78, 5) is 22.2. The van der Waals surface area contributed by atoms with Crippen LogP contribution < -0.4 is 0 Å². The van der Waals surface area contributed by atoms with Crippen LogP contribution in [0.25, 0.3) is 0 Å². The van der Waals surface area contributed by atoms with Crippen LogP contribution in [0.1, 0.15) is 48.6 Å². The number of carbonyl (C=O) groups is 1. The maximum absolute atomic E-state index is 12.9. The summed E-state index contributed by atoms with van der Waals surface area (Å²) in [6, 6.07) is 16.9. The van der Waals surface area contributed by atoms with Crippen LogP contribution in [0, 0.1) is 5.92 Å². The molecule has 4 rings (SSSR count). The number of rotatable bonds is 4. The minimum atomic E-state index is 0.236.